The van der Waals surface area contributed by atoms with E-state index in [1.807, 2.05) is 5.32 Å². The van der Waals surface area contributed by atoms with Crippen LogP contribution in [0.1, 0.15) is 27.2 Å². The molecule has 0 heterocycles. The standard InChI is InChI=1S/C9H15NO5/c1-9(2,3)15-7(12)4-6(8(13)14)10-5-11/h5-6H,4H2,1-3H3,(H,10,11)(H,13,14)/t6-/m0/s1. The molecule has 0 aliphatic carbocycles. The Morgan fingerprint density at radius 2 is 2.00 bits per heavy atom. The fourth-order valence-corrected chi connectivity index (χ4v) is 0.849. The van der Waals surface area contributed by atoms with Gasteiger partial charge in [-0.2, -0.15) is 0 Å². The summed E-state index contributed by atoms with van der Waals surface area (Å²) in [4.78, 5) is 31.8. The number of ether oxygens (including phenoxy) is 1. The topological polar surface area (TPSA) is 92.7 Å². The van der Waals surface area contributed by atoms with Crippen LogP contribution in [-0.2, 0) is 19.1 Å². The molecular formula is C9H15NO5. The first-order valence-electron chi connectivity index (χ1n) is 4.40. The molecule has 0 aliphatic rings. The van der Waals surface area contributed by atoms with Gasteiger partial charge in [0.25, 0.3) is 0 Å². The molecule has 86 valence electrons. The van der Waals surface area contributed by atoms with Crippen molar-refractivity contribution in [1.82, 2.24) is 5.32 Å². The first kappa shape index (κ1) is 13.4. The van der Waals surface area contributed by atoms with Gasteiger partial charge in [0.15, 0.2) is 0 Å². The summed E-state index contributed by atoms with van der Waals surface area (Å²) in [5, 5.41) is 10.6. The summed E-state index contributed by atoms with van der Waals surface area (Å²) >= 11 is 0. The molecular weight excluding hydrogens is 202 g/mol. The van der Waals surface area contributed by atoms with Gasteiger partial charge in [-0.1, -0.05) is 0 Å². The second-order valence-electron chi connectivity index (χ2n) is 3.97. The third-order valence-corrected chi connectivity index (χ3v) is 1.36. The van der Waals surface area contributed by atoms with Crippen LogP contribution in [0.15, 0.2) is 0 Å². The predicted molar refractivity (Wildman–Crippen MR) is 51.1 cm³/mol. The van der Waals surface area contributed by atoms with Gasteiger partial charge in [0.05, 0.1) is 6.42 Å². The molecule has 0 spiro atoms. The zero-order chi connectivity index (χ0) is 12.1. The first-order chi connectivity index (χ1) is 6.76. The van der Waals surface area contributed by atoms with Crippen molar-refractivity contribution in [2.75, 3.05) is 0 Å². The molecule has 0 radical (unpaired) electrons. The molecule has 1 atom stereocenters. The molecule has 0 aromatic rings. The lowest BCUT2D eigenvalue weighted by molar-refractivity contribution is -0.158. The fourth-order valence-electron chi connectivity index (χ4n) is 0.849. The van der Waals surface area contributed by atoms with Crippen molar-refractivity contribution in [2.24, 2.45) is 0 Å². The van der Waals surface area contributed by atoms with Gasteiger partial charge in [0, 0.05) is 0 Å². The van der Waals surface area contributed by atoms with Gasteiger partial charge in [0.1, 0.15) is 11.6 Å². The molecule has 0 aromatic heterocycles. The lowest BCUT2D eigenvalue weighted by Crippen LogP contribution is -2.39. The van der Waals surface area contributed by atoms with Crippen molar-refractivity contribution in [2.45, 2.75) is 38.8 Å². The van der Waals surface area contributed by atoms with Crippen LogP contribution >= 0.6 is 0 Å². The van der Waals surface area contributed by atoms with E-state index in [0.29, 0.717) is 0 Å². The lowest BCUT2D eigenvalue weighted by atomic mass is 10.1. The van der Waals surface area contributed by atoms with E-state index < -0.39 is 23.6 Å². The van der Waals surface area contributed by atoms with Gasteiger partial charge >= 0.3 is 11.9 Å². The number of hydrogen-bond acceptors (Lipinski definition) is 4. The highest BCUT2D eigenvalue weighted by Gasteiger charge is 2.24. The average molecular weight is 217 g/mol. The highest BCUT2D eigenvalue weighted by molar-refractivity contribution is 5.83. The minimum Gasteiger partial charge on any atom is -0.480 e. The van der Waals surface area contributed by atoms with Gasteiger partial charge in [-0.05, 0) is 20.8 Å². The summed E-state index contributed by atoms with van der Waals surface area (Å²) in [5.41, 5.74) is -0.665. The minimum absolute atomic E-state index is 0.239. The van der Waals surface area contributed by atoms with Crippen molar-refractivity contribution in [3.05, 3.63) is 0 Å². The van der Waals surface area contributed by atoms with Gasteiger partial charge in [0.2, 0.25) is 6.41 Å². The molecule has 1 amide bonds. The van der Waals surface area contributed by atoms with E-state index in [1.165, 1.54) is 0 Å². The highest BCUT2D eigenvalue weighted by atomic mass is 16.6. The normalized spacial score (nSPS) is 12.7. The molecule has 0 aliphatic heterocycles. The average Bonchev–Trinajstić information content (AvgIpc) is 1.99. The first-order valence-corrected chi connectivity index (χ1v) is 4.40. The van der Waals surface area contributed by atoms with Crippen molar-refractivity contribution in [3.63, 3.8) is 0 Å². The smallest absolute Gasteiger partial charge is 0.326 e. The zero-order valence-corrected chi connectivity index (χ0v) is 8.94. The maximum Gasteiger partial charge on any atom is 0.326 e. The number of carboxylic acids is 1. The van der Waals surface area contributed by atoms with E-state index in [2.05, 4.69) is 0 Å². The van der Waals surface area contributed by atoms with Crippen LogP contribution in [0.3, 0.4) is 0 Å². The Morgan fingerprint density at radius 1 is 1.47 bits per heavy atom. The number of carbonyl (C=O) groups excluding carboxylic acids is 2. The Balaban J connectivity index is 4.23. The molecule has 0 fully saturated rings. The summed E-state index contributed by atoms with van der Waals surface area (Å²) in [6, 6.07) is -1.24. The van der Waals surface area contributed by atoms with Gasteiger partial charge in [-0.3, -0.25) is 9.59 Å². The van der Waals surface area contributed by atoms with E-state index in [0.717, 1.165) is 0 Å². The van der Waals surface area contributed by atoms with Crippen molar-refractivity contribution < 1.29 is 24.2 Å². The molecule has 0 aromatic carbocycles. The van der Waals surface area contributed by atoms with E-state index >= 15 is 0 Å². The SMILES string of the molecule is CC(C)(C)OC(=O)C[C@H](NC=O)C(=O)O. The quantitative estimate of drug-likeness (QED) is 0.496. The van der Waals surface area contributed by atoms with E-state index in [1.54, 1.807) is 20.8 Å². The molecule has 15 heavy (non-hydrogen) atoms. The molecule has 2 N–H and O–H groups in total. The molecule has 6 nitrogen and oxygen atoms in total. The van der Waals surface area contributed by atoms with Gasteiger partial charge in [-0.25, -0.2) is 4.79 Å². The van der Waals surface area contributed by atoms with Crippen LogP contribution in [0, 0.1) is 0 Å². The number of amides is 1. The Kier molecular flexibility index (Phi) is 4.77. The Labute approximate surface area is 87.6 Å². The van der Waals surface area contributed by atoms with E-state index in [4.69, 9.17) is 9.84 Å². The molecule has 0 unspecified atom stereocenters. The lowest BCUT2D eigenvalue weighted by Gasteiger charge is -2.20. The van der Waals surface area contributed by atoms with Crippen molar-refractivity contribution in [3.8, 4) is 0 Å². The molecule has 0 saturated heterocycles. The van der Waals surface area contributed by atoms with Crippen LogP contribution in [0.25, 0.3) is 0 Å². The van der Waals surface area contributed by atoms with Crippen LogP contribution in [0.4, 0.5) is 0 Å². The summed E-state index contributed by atoms with van der Waals surface area (Å²) in [6.07, 6.45) is -0.144. The minimum atomic E-state index is -1.27. The zero-order valence-electron chi connectivity index (χ0n) is 8.94. The number of carboxylic acid groups (broad SMARTS) is 1. The van der Waals surface area contributed by atoms with Crippen LogP contribution in [0.5, 0.6) is 0 Å². The van der Waals surface area contributed by atoms with Gasteiger partial charge < -0.3 is 15.2 Å². The number of esters is 1. The van der Waals surface area contributed by atoms with Gasteiger partial charge in [-0.15, -0.1) is 0 Å². The third kappa shape index (κ3) is 6.48. The fraction of sp³-hybridized carbons (Fsp3) is 0.667. The molecule has 6 heteroatoms. The second-order valence-corrected chi connectivity index (χ2v) is 3.97. The molecule has 0 saturated carbocycles. The van der Waals surface area contributed by atoms with Crippen LogP contribution in [0.2, 0.25) is 0 Å². The Morgan fingerprint density at radius 3 is 2.33 bits per heavy atom. The summed E-state index contributed by atoms with van der Waals surface area (Å²) in [6.45, 7) is 5.02. The third-order valence-electron chi connectivity index (χ3n) is 1.36. The Hall–Kier alpha value is -1.59. The summed E-state index contributed by atoms with van der Waals surface area (Å²) in [7, 11) is 0. The largest absolute Gasteiger partial charge is 0.480 e. The van der Waals surface area contributed by atoms with E-state index in [9.17, 15) is 14.4 Å². The van der Waals surface area contributed by atoms with Crippen molar-refractivity contribution in [1.29, 1.82) is 0 Å². The van der Waals surface area contributed by atoms with E-state index in [-0.39, 0.29) is 12.8 Å². The highest BCUT2D eigenvalue weighted by Crippen LogP contribution is 2.09. The number of aliphatic carboxylic acids is 1. The summed E-state index contributed by atoms with van der Waals surface area (Å²) in [5.74, 6) is -1.93. The van der Waals surface area contributed by atoms with Crippen LogP contribution < -0.4 is 5.32 Å². The number of rotatable bonds is 5. The number of hydrogen-bond donors (Lipinski definition) is 2. The van der Waals surface area contributed by atoms with Crippen molar-refractivity contribution >= 4 is 18.3 Å². The molecule has 0 bridgehead atoms. The Bertz CT molecular complexity index is 256. The second kappa shape index (κ2) is 5.33. The molecule has 0 rings (SSSR count). The predicted octanol–water partition coefficient (Wildman–Crippen LogP) is -0.0826. The number of carbonyl (C=O) groups is 3. The summed E-state index contributed by atoms with van der Waals surface area (Å²) < 4.78 is 4.91. The monoisotopic (exact) mass is 217 g/mol. The maximum absolute atomic E-state index is 11.2. The van der Waals surface area contributed by atoms with Crippen LogP contribution in [-0.4, -0.2) is 35.1 Å². The number of nitrogens with one attached hydrogen (secondary N) is 1. The maximum atomic E-state index is 11.2.